The number of hydrogen-bond acceptors (Lipinski definition) is 3. The Morgan fingerprint density at radius 1 is 0.900 bits per heavy atom. The second-order valence-corrected chi connectivity index (χ2v) is 8.76. The molecule has 0 heterocycles. The van der Waals surface area contributed by atoms with Crippen molar-refractivity contribution in [2.75, 3.05) is 18.9 Å². The summed E-state index contributed by atoms with van der Waals surface area (Å²) in [5, 5.41) is 5.78. The number of amides is 3. The highest BCUT2D eigenvalue weighted by Crippen LogP contribution is 2.21. The van der Waals surface area contributed by atoms with Gasteiger partial charge in [0.15, 0.2) is 0 Å². The number of hydrogen-bond donors (Lipinski definition) is 2. The van der Waals surface area contributed by atoms with Crippen molar-refractivity contribution < 1.29 is 14.4 Å². The third kappa shape index (κ3) is 6.17. The van der Waals surface area contributed by atoms with E-state index < -0.39 is 0 Å². The van der Waals surface area contributed by atoms with Crippen LogP contribution < -0.4 is 10.6 Å². The van der Waals surface area contributed by atoms with Gasteiger partial charge in [-0.05, 0) is 76.9 Å². The number of carbonyl (C=O) groups is 3. The Bertz CT molecular complexity index is 934. The second-order valence-electron chi connectivity index (χ2n) is 8.76. The lowest BCUT2D eigenvalue weighted by Crippen LogP contribution is -2.40. The highest BCUT2D eigenvalue weighted by Gasteiger charge is 2.18. The van der Waals surface area contributed by atoms with Crippen LogP contribution in [0, 0.1) is 20.8 Å². The lowest BCUT2D eigenvalue weighted by molar-refractivity contribution is -0.116. The zero-order chi connectivity index (χ0) is 22.6. The average molecular weight is 410 g/mol. The molecule has 0 spiro atoms. The van der Waals surface area contributed by atoms with Crippen LogP contribution in [0.1, 0.15) is 58.2 Å². The Kier molecular flexibility index (Phi) is 7.03. The normalized spacial score (nSPS) is 11.0. The van der Waals surface area contributed by atoms with Gasteiger partial charge in [-0.15, -0.1) is 0 Å². The van der Waals surface area contributed by atoms with E-state index in [0.717, 1.165) is 22.4 Å². The van der Waals surface area contributed by atoms with E-state index in [1.54, 1.807) is 31.3 Å². The monoisotopic (exact) mass is 409 g/mol. The molecule has 2 N–H and O–H groups in total. The van der Waals surface area contributed by atoms with Crippen LogP contribution in [-0.2, 0) is 4.79 Å². The summed E-state index contributed by atoms with van der Waals surface area (Å²) >= 11 is 0. The topological polar surface area (TPSA) is 78.5 Å². The summed E-state index contributed by atoms with van der Waals surface area (Å²) in [6.07, 6.45) is 0. The second kappa shape index (κ2) is 9.11. The van der Waals surface area contributed by atoms with Crippen LogP contribution in [0.4, 0.5) is 5.69 Å². The van der Waals surface area contributed by atoms with Crippen molar-refractivity contribution in [2.24, 2.45) is 0 Å². The molecule has 0 aromatic heterocycles. The van der Waals surface area contributed by atoms with Gasteiger partial charge in [-0.1, -0.05) is 17.7 Å². The number of benzene rings is 2. The molecular formula is C24H31N3O3. The largest absolute Gasteiger partial charge is 0.347 e. The first-order valence-corrected chi connectivity index (χ1v) is 9.93. The predicted molar refractivity (Wildman–Crippen MR) is 120 cm³/mol. The van der Waals surface area contributed by atoms with E-state index in [1.165, 1.54) is 4.90 Å². The predicted octanol–water partition coefficient (Wildman–Crippen LogP) is 3.85. The Balaban J connectivity index is 2.02. The summed E-state index contributed by atoms with van der Waals surface area (Å²) in [4.78, 5) is 38.7. The third-order valence-electron chi connectivity index (χ3n) is 4.55. The molecule has 0 aliphatic rings. The smallest absolute Gasteiger partial charge is 0.254 e. The average Bonchev–Trinajstić information content (AvgIpc) is 2.62. The van der Waals surface area contributed by atoms with Crippen molar-refractivity contribution in [2.45, 2.75) is 47.1 Å². The molecule has 0 saturated heterocycles. The minimum absolute atomic E-state index is 0.0716. The standard InChI is InChI=1S/C24H31N3O3/c1-15-12-16(2)21(17(3)13-15)25-20(28)14-27(7)23(30)19-10-8-18(9-11-19)22(29)26-24(4,5)6/h8-13H,14H2,1-7H3,(H,25,28)(H,26,29). The molecule has 0 fully saturated rings. The molecule has 2 aromatic carbocycles. The van der Waals surface area contributed by atoms with Gasteiger partial charge in [-0.3, -0.25) is 14.4 Å². The molecule has 30 heavy (non-hydrogen) atoms. The van der Waals surface area contributed by atoms with Crippen molar-refractivity contribution in [1.82, 2.24) is 10.2 Å². The molecule has 3 amide bonds. The Hall–Kier alpha value is -3.15. The lowest BCUT2D eigenvalue weighted by Gasteiger charge is -2.21. The van der Waals surface area contributed by atoms with Gasteiger partial charge < -0.3 is 15.5 Å². The van der Waals surface area contributed by atoms with Gasteiger partial charge >= 0.3 is 0 Å². The number of carbonyl (C=O) groups excluding carboxylic acids is 3. The van der Waals surface area contributed by atoms with Gasteiger partial charge in [0.1, 0.15) is 0 Å². The summed E-state index contributed by atoms with van der Waals surface area (Å²) in [5.41, 5.74) is 4.44. The van der Waals surface area contributed by atoms with Gasteiger partial charge in [0, 0.05) is 29.4 Å². The van der Waals surface area contributed by atoms with Gasteiger partial charge in [-0.25, -0.2) is 0 Å². The van der Waals surface area contributed by atoms with E-state index in [-0.39, 0.29) is 29.8 Å². The first-order valence-electron chi connectivity index (χ1n) is 9.93. The summed E-state index contributed by atoms with van der Waals surface area (Å²) in [7, 11) is 1.58. The van der Waals surface area contributed by atoms with E-state index in [4.69, 9.17) is 0 Å². The highest BCUT2D eigenvalue weighted by atomic mass is 16.2. The van der Waals surface area contributed by atoms with Crippen molar-refractivity contribution in [3.8, 4) is 0 Å². The highest BCUT2D eigenvalue weighted by molar-refractivity contribution is 6.01. The molecule has 2 aromatic rings. The van der Waals surface area contributed by atoms with Crippen LogP contribution >= 0.6 is 0 Å². The zero-order valence-electron chi connectivity index (χ0n) is 18.8. The number of rotatable bonds is 5. The van der Waals surface area contributed by atoms with Crippen LogP contribution in [0.25, 0.3) is 0 Å². The summed E-state index contributed by atoms with van der Waals surface area (Å²) < 4.78 is 0. The fraction of sp³-hybridized carbons (Fsp3) is 0.375. The first kappa shape index (κ1) is 23.1. The van der Waals surface area contributed by atoms with Crippen LogP contribution in [0.15, 0.2) is 36.4 Å². The number of aryl methyl sites for hydroxylation is 3. The Morgan fingerprint density at radius 3 is 1.90 bits per heavy atom. The van der Waals surface area contributed by atoms with Gasteiger partial charge in [0.05, 0.1) is 6.54 Å². The Morgan fingerprint density at radius 2 is 1.40 bits per heavy atom. The molecular weight excluding hydrogens is 378 g/mol. The minimum atomic E-state index is -0.340. The molecule has 0 atom stereocenters. The van der Waals surface area contributed by atoms with Crippen molar-refractivity contribution in [3.05, 3.63) is 64.2 Å². The van der Waals surface area contributed by atoms with E-state index in [1.807, 2.05) is 53.7 Å². The Labute approximate surface area is 178 Å². The fourth-order valence-electron chi connectivity index (χ4n) is 3.24. The molecule has 0 bridgehead atoms. The molecule has 2 rings (SSSR count). The number of likely N-dealkylation sites (N-methyl/N-ethyl adjacent to an activating group) is 1. The number of nitrogens with zero attached hydrogens (tertiary/aromatic N) is 1. The van der Waals surface area contributed by atoms with Crippen molar-refractivity contribution in [3.63, 3.8) is 0 Å². The number of anilines is 1. The molecule has 0 unspecified atom stereocenters. The first-order chi connectivity index (χ1) is 13.9. The van der Waals surface area contributed by atoms with Gasteiger partial charge in [0.25, 0.3) is 11.8 Å². The van der Waals surface area contributed by atoms with Crippen LogP contribution in [0.5, 0.6) is 0 Å². The molecule has 0 aliphatic carbocycles. The summed E-state index contributed by atoms with van der Waals surface area (Å²) in [6.45, 7) is 11.5. The third-order valence-corrected chi connectivity index (χ3v) is 4.55. The van der Waals surface area contributed by atoms with Crippen LogP contribution in [-0.4, -0.2) is 41.8 Å². The quantitative estimate of drug-likeness (QED) is 0.787. The maximum atomic E-state index is 12.7. The molecule has 6 heteroatoms. The van der Waals surface area contributed by atoms with Crippen LogP contribution in [0.2, 0.25) is 0 Å². The minimum Gasteiger partial charge on any atom is -0.347 e. The maximum absolute atomic E-state index is 12.7. The summed E-state index contributed by atoms with van der Waals surface area (Å²) in [6, 6.07) is 10.4. The maximum Gasteiger partial charge on any atom is 0.254 e. The summed E-state index contributed by atoms with van der Waals surface area (Å²) in [5.74, 6) is -0.745. The SMILES string of the molecule is Cc1cc(C)c(NC(=O)CN(C)C(=O)c2ccc(C(=O)NC(C)(C)C)cc2)c(C)c1. The van der Waals surface area contributed by atoms with E-state index >= 15 is 0 Å². The van der Waals surface area contributed by atoms with Crippen LogP contribution in [0.3, 0.4) is 0 Å². The van der Waals surface area contributed by atoms with Crippen molar-refractivity contribution >= 4 is 23.4 Å². The van der Waals surface area contributed by atoms with Crippen molar-refractivity contribution in [1.29, 1.82) is 0 Å². The van der Waals surface area contributed by atoms with E-state index in [2.05, 4.69) is 10.6 Å². The molecule has 0 aliphatic heterocycles. The number of nitrogens with one attached hydrogen (secondary N) is 2. The molecule has 0 saturated carbocycles. The van der Waals surface area contributed by atoms with E-state index in [9.17, 15) is 14.4 Å². The lowest BCUT2D eigenvalue weighted by atomic mass is 10.1. The fourth-order valence-corrected chi connectivity index (χ4v) is 3.24. The van der Waals surface area contributed by atoms with Gasteiger partial charge in [-0.2, -0.15) is 0 Å². The molecule has 6 nitrogen and oxygen atoms in total. The zero-order valence-corrected chi connectivity index (χ0v) is 18.8. The van der Waals surface area contributed by atoms with Gasteiger partial charge in [0.2, 0.25) is 5.91 Å². The molecule has 160 valence electrons. The van der Waals surface area contributed by atoms with E-state index in [0.29, 0.717) is 11.1 Å². The molecule has 0 radical (unpaired) electrons.